The zero-order valence-electron chi connectivity index (χ0n) is 16.0. The van der Waals surface area contributed by atoms with Crippen LogP contribution < -0.4 is 5.32 Å². The third kappa shape index (κ3) is 3.87. The molecular formula is C21H18N4OS2. The summed E-state index contributed by atoms with van der Waals surface area (Å²) in [5, 5.41) is 23.7. The van der Waals surface area contributed by atoms with E-state index in [0.29, 0.717) is 21.2 Å². The molecule has 3 aromatic rings. The number of nitrogens with zero attached hydrogens (tertiary/aromatic N) is 3. The minimum Gasteiger partial charge on any atom is -0.316 e. The molecule has 0 radical (unpaired) electrons. The molecule has 0 bridgehead atoms. The number of aromatic nitrogens is 1. The van der Waals surface area contributed by atoms with E-state index in [9.17, 15) is 15.3 Å². The maximum Gasteiger partial charge on any atom is 0.235 e. The van der Waals surface area contributed by atoms with E-state index in [0.717, 1.165) is 32.5 Å². The first-order valence-corrected chi connectivity index (χ1v) is 10.4. The van der Waals surface area contributed by atoms with Gasteiger partial charge in [0.2, 0.25) is 5.91 Å². The fraction of sp³-hybridized carbons (Fsp3) is 0.238. The Balaban J connectivity index is 1.82. The predicted molar refractivity (Wildman–Crippen MR) is 114 cm³/mol. The van der Waals surface area contributed by atoms with Crippen molar-refractivity contribution in [3.63, 3.8) is 0 Å². The summed E-state index contributed by atoms with van der Waals surface area (Å²) in [6.45, 7) is 7.80. The first-order valence-electron chi connectivity index (χ1n) is 8.59. The largest absolute Gasteiger partial charge is 0.316 e. The van der Waals surface area contributed by atoms with Crippen molar-refractivity contribution in [3.8, 4) is 12.1 Å². The Morgan fingerprint density at radius 2 is 1.93 bits per heavy atom. The van der Waals surface area contributed by atoms with Crippen molar-refractivity contribution in [2.75, 3.05) is 11.1 Å². The normalized spacial score (nSPS) is 10.5. The van der Waals surface area contributed by atoms with Gasteiger partial charge in [0.1, 0.15) is 22.2 Å². The maximum atomic E-state index is 12.4. The summed E-state index contributed by atoms with van der Waals surface area (Å²) in [5.41, 5.74) is 4.84. The number of nitriles is 2. The van der Waals surface area contributed by atoms with E-state index >= 15 is 0 Å². The Morgan fingerprint density at radius 3 is 2.61 bits per heavy atom. The zero-order chi connectivity index (χ0) is 20.4. The molecule has 28 heavy (non-hydrogen) atoms. The van der Waals surface area contributed by atoms with E-state index in [1.54, 1.807) is 0 Å². The summed E-state index contributed by atoms with van der Waals surface area (Å²) in [6, 6.07) is 10.2. The van der Waals surface area contributed by atoms with E-state index < -0.39 is 0 Å². The monoisotopic (exact) mass is 406 g/mol. The van der Waals surface area contributed by atoms with Crippen LogP contribution in [0.25, 0.3) is 10.9 Å². The molecule has 7 heteroatoms. The SMILES string of the molecule is Cc1cc(C)c2cc(C#N)c(SCC(=O)Nc3sc(C)c(C)c3C#N)nc2c1. The van der Waals surface area contributed by atoms with Gasteiger partial charge in [-0.3, -0.25) is 4.79 Å². The fourth-order valence-electron chi connectivity index (χ4n) is 2.95. The number of anilines is 1. The van der Waals surface area contributed by atoms with Crippen LogP contribution in [0.5, 0.6) is 0 Å². The molecule has 0 fully saturated rings. The highest BCUT2D eigenvalue weighted by Crippen LogP contribution is 2.32. The van der Waals surface area contributed by atoms with Gasteiger partial charge in [-0.25, -0.2) is 4.98 Å². The lowest BCUT2D eigenvalue weighted by molar-refractivity contribution is -0.113. The number of fused-ring (bicyclic) bond motifs is 1. The first-order chi connectivity index (χ1) is 13.3. The molecular weight excluding hydrogens is 388 g/mol. The smallest absolute Gasteiger partial charge is 0.235 e. The lowest BCUT2D eigenvalue weighted by Gasteiger charge is -2.09. The number of thiophene rings is 1. The van der Waals surface area contributed by atoms with Crippen molar-refractivity contribution in [1.29, 1.82) is 10.5 Å². The molecule has 3 rings (SSSR count). The number of aryl methyl sites for hydroxylation is 3. The van der Waals surface area contributed by atoms with Gasteiger partial charge in [-0.15, -0.1) is 11.3 Å². The Bertz CT molecular complexity index is 1180. The van der Waals surface area contributed by atoms with Gasteiger partial charge in [-0.2, -0.15) is 10.5 Å². The Labute approximate surface area is 172 Å². The number of amides is 1. The lowest BCUT2D eigenvalue weighted by Crippen LogP contribution is -2.14. The molecule has 140 valence electrons. The van der Waals surface area contributed by atoms with Crippen molar-refractivity contribution in [1.82, 2.24) is 4.98 Å². The minimum absolute atomic E-state index is 0.110. The van der Waals surface area contributed by atoms with Crippen molar-refractivity contribution in [3.05, 3.63) is 50.9 Å². The van der Waals surface area contributed by atoms with Gasteiger partial charge in [0, 0.05) is 10.3 Å². The number of nitrogens with one attached hydrogen (secondary N) is 1. The van der Waals surface area contributed by atoms with Crippen molar-refractivity contribution in [2.45, 2.75) is 32.7 Å². The Kier molecular flexibility index (Phi) is 5.69. The molecule has 0 spiro atoms. The molecule has 1 amide bonds. The average Bonchev–Trinajstić information content (AvgIpc) is 2.92. The molecule has 0 saturated heterocycles. The highest BCUT2D eigenvalue weighted by atomic mass is 32.2. The quantitative estimate of drug-likeness (QED) is 0.616. The van der Waals surface area contributed by atoms with Crippen LogP contribution in [0.1, 0.15) is 32.7 Å². The van der Waals surface area contributed by atoms with Gasteiger partial charge >= 0.3 is 0 Å². The molecule has 0 unspecified atom stereocenters. The predicted octanol–water partition coefficient (Wildman–Crippen LogP) is 5.00. The summed E-state index contributed by atoms with van der Waals surface area (Å²) < 4.78 is 0. The summed E-state index contributed by atoms with van der Waals surface area (Å²) in [7, 11) is 0. The molecule has 0 aliphatic rings. The van der Waals surface area contributed by atoms with Gasteiger partial charge in [0.25, 0.3) is 0 Å². The molecule has 5 nitrogen and oxygen atoms in total. The van der Waals surface area contributed by atoms with Crippen LogP contribution in [-0.2, 0) is 4.79 Å². The summed E-state index contributed by atoms with van der Waals surface area (Å²) in [6.07, 6.45) is 0. The number of hydrogen-bond donors (Lipinski definition) is 1. The summed E-state index contributed by atoms with van der Waals surface area (Å²) in [5.74, 6) is -0.118. The summed E-state index contributed by atoms with van der Waals surface area (Å²) in [4.78, 5) is 18.0. The third-order valence-electron chi connectivity index (χ3n) is 4.46. The van der Waals surface area contributed by atoms with Gasteiger partial charge in [-0.1, -0.05) is 17.8 Å². The molecule has 1 aromatic carbocycles. The maximum absolute atomic E-state index is 12.4. The van der Waals surface area contributed by atoms with Crippen molar-refractivity contribution < 1.29 is 4.79 Å². The van der Waals surface area contributed by atoms with E-state index in [1.807, 2.05) is 39.8 Å². The molecule has 0 aliphatic carbocycles. The van der Waals surface area contributed by atoms with E-state index in [2.05, 4.69) is 28.5 Å². The molecule has 0 aliphatic heterocycles. The first kappa shape index (κ1) is 19.9. The fourth-order valence-corrected chi connectivity index (χ4v) is 4.74. The zero-order valence-corrected chi connectivity index (χ0v) is 17.6. The van der Waals surface area contributed by atoms with E-state index in [1.165, 1.54) is 23.1 Å². The van der Waals surface area contributed by atoms with E-state index in [-0.39, 0.29) is 11.7 Å². The van der Waals surface area contributed by atoms with Crippen LogP contribution in [0.15, 0.2) is 23.2 Å². The number of carbonyl (C=O) groups is 1. The van der Waals surface area contributed by atoms with Crippen LogP contribution in [0.4, 0.5) is 5.00 Å². The molecule has 1 N–H and O–H groups in total. The molecule has 2 heterocycles. The molecule has 2 aromatic heterocycles. The second kappa shape index (κ2) is 8.02. The average molecular weight is 407 g/mol. The molecule has 0 saturated carbocycles. The standard InChI is InChI=1S/C21H18N4OS2/c1-11-5-12(2)16-7-15(8-22)20(24-18(16)6-11)27-10-19(26)25-21-17(9-23)13(3)14(4)28-21/h5-7H,10H2,1-4H3,(H,25,26). The number of pyridine rings is 1. The number of hydrogen-bond acceptors (Lipinski definition) is 6. The highest BCUT2D eigenvalue weighted by Gasteiger charge is 2.16. The number of rotatable bonds is 4. The third-order valence-corrected chi connectivity index (χ3v) is 6.57. The van der Waals surface area contributed by atoms with Gasteiger partial charge in [0.15, 0.2) is 0 Å². The summed E-state index contributed by atoms with van der Waals surface area (Å²) >= 11 is 2.62. The van der Waals surface area contributed by atoms with Crippen molar-refractivity contribution in [2.24, 2.45) is 0 Å². The van der Waals surface area contributed by atoms with Crippen LogP contribution in [0.2, 0.25) is 0 Å². The molecule has 0 atom stereocenters. The lowest BCUT2D eigenvalue weighted by atomic mass is 10.1. The van der Waals surface area contributed by atoms with Crippen LogP contribution in [0.3, 0.4) is 0 Å². The van der Waals surface area contributed by atoms with Crippen molar-refractivity contribution >= 4 is 44.9 Å². The van der Waals surface area contributed by atoms with Gasteiger partial charge < -0.3 is 5.32 Å². The number of thioether (sulfide) groups is 1. The minimum atomic E-state index is -0.228. The van der Waals surface area contributed by atoms with Crippen LogP contribution >= 0.6 is 23.1 Å². The van der Waals surface area contributed by atoms with Crippen LogP contribution in [0, 0.1) is 50.4 Å². The number of benzene rings is 1. The van der Waals surface area contributed by atoms with Gasteiger partial charge in [-0.05, 0) is 56.5 Å². The topological polar surface area (TPSA) is 89.6 Å². The van der Waals surface area contributed by atoms with Crippen LogP contribution in [-0.4, -0.2) is 16.6 Å². The number of carbonyl (C=O) groups excluding carboxylic acids is 1. The van der Waals surface area contributed by atoms with Gasteiger partial charge in [0.05, 0.1) is 22.4 Å². The highest BCUT2D eigenvalue weighted by molar-refractivity contribution is 8.00. The van der Waals surface area contributed by atoms with E-state index in [4.69, 9.17) is 0 Å². The second-order valence-electron chi connectivity index (χ2n) is 6.54. The second-order valence-corrected chi connectivity index (χ2v) is 8.73. The Hall–Kier alpha value is -2.87. The Morgan fingerprint density at radius 1 is 1.18 bits per heavy atom.